The highest BCUT2D eigenvalue weighted by Gasteiger charge is 2.38. The molecule has 1 aliphatic carbocycles. The number of amides is 1. The van der Waals surface area contributed by atoms with Crippen molar-refractivity contribution in [2.75, 3.05) is 0 Å². The van der Waals surface area contributed by atoms with Crippen LogP contribution in [0.2, 0.25) is 0 Å². The van der Waals surface area contributed by atoms with Crippen LogP contribution in [0, 0.1) is 11.7 Å². The lowest BCUT2D eigenvalue weighted by Crippen LogP contribution is -2.58. The third-order valence-electron chi connectivity index (χ3n) is 4.13. The van der Waals surface area contributed by atoms with Gasteiger partial charge in [0.1, 0.15) is 5.82 Å². The summed E-state index contributed by atoms with van der Waals surface area (Å²) < 4.78 is 13.5. The van der Waals surface area contributed by atoms with E-state index >= 15 is 0 Å². The molecule has 1 aliphatic rings. The molecule has 0 heterocycles. The zero-order valence-electron chi connectivity index (χ0n) is 11.8. The number of nitrogens with two attached hydrogens (primary N) is 1. The molecular weight excluding hydrogens is 355 g/mol. The molecule has 0 atom stereocenters. The molecule has 3 nitrogen and oxygen atoms in total. The number of thiocarbonyl (C=S) groups is 1. The van der Waals surface area contributed by atoms with Crippen LogP contribution in [0.4, 0.5) is 4.39 Å². The van der Waals surface area contributed by atoms with E-state index in [1.807, 2.05) is 0 Å². The molecule has 0 saturated heterocycles. The molecule has 0 aromatic heterocycles. The standard InChI is InChI=1S/C15H18BrFN2OS/c1-9-4-6-15(7-5-9,14(18)21)19-13(20)10-2-3-12(17)11(16)8-10/h2-3,8-9H,4-7H2,1H3,(H2,18,21)(H,19,20). The van der Waals surface area contributed by atoms with Crippen molar-refractivity contribution in [2.45, 2.75) is 38.1 Å². The lowest BCUT2D eigenvalue weighted by atomic mass is 9.77. The molecule has 0 aliphatic heterocycles. The van der Waals surface area contributed by atoms with Crippen molar-refractivity contribution in [1.29, 1.82) is 0 Å². The second kappa shape index (κ2) is 6.40. The largest absolute Gasteiger partial charge is 0.391 e. The minimum absolute atomic E-state index is 0.261. The van der Waals surface area contributed by atoms with Gasteiger partial charge < -0.3 is 11.1 Å². The lowest BCUT2D eigenvalue weighted by molar-refractivity contribution is 0.0900. The van der Waals surface area contributed by atoms with Gasteiger partial charge in [-0.15, -0.1) is 0 Å². The van der Waals surface area contributed by atoms with Gasteiger partial charge >= 0.3 is 0 Å². The number of hydrogen-bond donors (Lipinski definition) is 2. The molecule has 2 rings (SSSR count). The van der Waals surface area contributed by atoms with Crippen molar-refractivity contribution in [2.24, 2.45) is 11.7 Å². The Balaban J connectivity index is 2.19. The molecule has 3 N–H and O–H groups in total. The van der Waals surface area contributed by atoms with E-state index in [1.165, 1.54) is 18.2 Å². The molecule has 0 spiro atoms. The average Bonchev–Trinajstić information content (AvgIpc) is 2.44. The molecule has 1 saturated carbocycles. The second-order valence-electron chi connectivity index (χ2n) is 5.71. The van der Waals surface area contributed by atoms with Gasteiger partial charge in [0.2, 0.25) is 0 Å². The summed E-state index contributed by atoms with van der Waals surface area (Å²) in [6, 6.07) is 4.17. The highest BCUT2D eigenvalue weighted by molar-refractivity contribution is 9.10. The van der Waals surface area contributed by atoms with Gasteiger partial charge in [-0.2, -0.15) is 0 Å². The van der Waals surface area contributed by atoms with E-state index in [4.69, 9.17) is 18.0 Å². The van der Waals surface area contributed by atoms with Gasteiger partial charge in [-0.05, 0) is 65.7 Å². The molecular formula is C15H18BrFN2OS. The van der Waals surface area contributed by atoms with Crippen LogP contribution in [0.25, 0.3) is 0 Å². The van der Waals surface area contributed by atoms with E-state index in [2.05, 4.69) is 28.2 Å². The first-order valence-corrected chi connectivity index (χ1v) is 8.12. The normalized spacial score (nSPS) is 25.4. The maximum absolute atomic E-state index is 13.2. The van der Waals surface area contributed by atoms with Crippen LogP contribution in [0.5, 0.6) is 0 Å². The number of carbonyl (C=O) groups excluding carboxylic acids is 1. The summed E-state index contributed by atoms with van der Waals surface area (Å²) in [4.78, 5) is 12.7. The van der Waals surface area contributed by atoms with Gasteiger partial charge in [0.05, 0.1) is 15.0 Å². The molecule has 0 radical (unpaired) electrons. The summed E-state index contributed by atoms with van der Waals surface area (Å²) in [5, 5.41) is 2.97. The summed E-state index contributed by atoms with van der Waals surface area (Å²) in [5.41, 5.74) is 5.64. The topological polar surface area (TPSA) is 55.1 Å². The molecule has 1 aromatic rings. The SMILES string of the molecule is CC1CCC(NC(=O)c2ccc(F)c(Br)c2)(C(N)=S)CC1. The van der Waals surface area contributed by atoms with Crippen LogP contribution in [0.3, 0.4) is 0 Å². The Hall–Kier alpha value is -1.01. The molecule has 6 heteroatoms. The van der Waals surface area contributed by atoms with Crippen LogP contribution in [0.1, 0.15) is 43.0 Å². The molecule has 1 aromatic carbocycles. The highest BCUT2D eigenvalue weighted by Crippen LogP contribution is 2.32. The molecule has 114 valence electrons. The molecule has 0 bridgehead atoms. The third-order valence-corrected chi connectivity index (χ3v) is 5.13. The van der Waals surface area contributed by atoms with Crippen molar-refractivity contribution in [3.8, 4) is 0 Å². The second-order valence-corrected chi connectivity index (χ2v) is 7.01. The molecule has 1 fully saturated rings. The van der Waals surface area contributed by atoms with E-state index in [0.29, 0.717) is 16.5 Å². The quantitative estimate of drug-likeness (QED) is 0.797. The van der Waals surface area contributed by atoms with E-state index in [0.717, 1.165) is 25.7 Å². The summed E-state index contributed by atoms with van der Waals surface area (Å²) >= 11 is 8.26. The monoisotopic (exact) mass is 372 g/mol. The maximum Gasteiger partial charge on any atom is 0.252 e. The third kappa shape index (κ3) is 3.61. The van der Waals surface area contributed by atoms with Crippen molar-refractivity contribution in [1.82, 2.24) is 5.32 Å². The number of rotatable bonds is 3. The summed E-state index contributed by atoms with van der Waals surface area (Å²) in [7, 11) is 0. The average molecular weight is 373 g/mol. The van der Waals surface area contributed by atoms with Gasteiger partial charge in [-0.25, -0.2) is 4.39 Å². The fourth-order valence-corrected chi connectivity index (χ4v) is 3.25. The number of hydrogen-bond acceptors (Lipinski definition) is 2. The lowest BCUT2D eigenvalue weighted by Gasteiger charge is -2.39. The van der Waals surface area contributed by atoms with Crippen LogP contribution in [-0.2, 0) is 0 Å². The minimum Gasteiger partial charge on any atom is -0.391 e. The maximum atomic E-state index is 13.2. The molecule has 1 amide bonds. The Kier molecular flexibility index (Phi) is 4.99. The summed E-state index contributed by atoms with van der Waals surface area (Å²) in [6.07, 6.45) is 3.45. The Bertz CT molecular complexity index is 571. The molecule has 0 unspecified atom stereocenters. The Morgan fingerprint density at radius 3 is 2.62 bits per heavy atom. The van der Waals surface area contributed by atoms with Crippen molar-refractivity contribution < 1.29 is 9.18 Å². The first-order chi connectivity index (χ1) is 9.84. The first kappa shape index (κ1) is 16.4. The van der Waals surface area contributed by atoms with Gasteiger partial charge in [-0.1, -0.05) is 19.1 Å². The van der Waals surface area contributed by atoms with Gasteiger partial charge in [0, 0.05) is 5.56 Å². The minimum atomic E-state index is -0.625. The highest BCUT2D eigenvalue weighted by atomic mass is 79.9. The summed E-state index contributed by atoms with van der Waals surface area (Å²) in [5.74, 6) is -0.0653. The number of carbonyl (C=O) groups is 1. The van der Waals surface area contributed by atoms with E-state index < -0.39 is 11.4 Å². The van der Waals surface area contributed by atoms with E-state index in [-0.39, 0.29) is 10.4 Å². The van der Waals surface area contributed by atoms with Gasteiger partial charge in [-0.3, -0.25) is 4.79 Å². The van der Waals surface area contributed by atoms with Crippen LogP contribution >= 0.6 is 28.1 Å². The number of halogens is 2. The predicted molar refractivity (Wildman–Crippen MR) is 88.7 cm³/mol. The van der Waals surface area contributed by atoms with E-state index in [9.17, 15) is 9.18 Å². The zero-order valence-corrected chi connectivity index (χ0v) is 14.2. The predicted octanol–water partition coefficient (Wildman–Crippen LogP) is 3.55. The van der Waals surface area contributed by atoms with Crippen LogP contribution in [-0.4, -0.2) is 16.4 Å². The van der Waals surface area contributed by atoms with Crippen LogP contribution < -0.4 is 11.1 Å². The Labute approximate surface area is 137 Å². The summed E-state index contributed by atoms with van der Waals surface area (Å²) in [6.45, 7) is 2.18. The fourth-order valence-electron chi connectivity index (χ4n) is 2.61. The van der Waals surface area contributed by atoms with Gasteiger partial charge in [0.25, 0.3) is 5.91 Å². The van der Waals surface area contributed by atoms with E-state index in [1.54, 1.807) is 0 Å². The first-order valence-electron chi connectivity index (χ1n) is 6.91. The van der Waals surface area contributed by atoms with Gasteiger partial charge in [0.15, 0.2) is 0 Å². The number of nitrogens with one attached hydrogen (secondary N) is 1. The van der Waals surface area contributed by atoms with Crippen LogP contribution in [0.15, 0.2) is 22.7 Å². The zero-order chi connectivity index (χ0) is 15.6. The van der Waals surface area contributed by atoms with Crippen molar-refractivity contribution >= 4 is 39.0 Å². The van der Waals surface area contributed by atoms with Crippen molar-refractivity contribution in [3.05, 3.63) is 34.1 Å². The Morgan fingerprint density at radius 2 is 2.10 bits per heavy atom. The smallest absolute Gasteiger partial charge is 0.252 e. The van der Waals surface area contributed by atoms with Crippen molar-refractivity contribution in [3.63, 3.8) is 0 Å². The fraction of sp³-hybridized carbons (Fsp3) is 0.467. The molecule has 21 heavy (non-hydrogen) atoms. The Morgan fingerprint density at radius 1 is 1.48 bits per heavy atom. The number of benzene rings is 1.